The summed E-state index contributed by atoms with van der Waals surface area (Å²) in [5.41, 5.74) is 7.22. The standard InChI is InChI=1S/C11H16ClN3O/c1-8(2)7-16-4-3-14-11-6-9(13)5-10(12)15-11/h5-6H,1,3-4,7H2,2H3,(H3,13,14,15). The van der Waals surface area contributed by atoms with E-state index in [1.54, 1.807) is 12.1 Å². The number of hydrogen-bond donors (Lipinski definition) is 2. The SMILES string of the molecule is C=C(C)COCCNc1cc(N)cc(Cl)n1. The van der Waals surface area contributed by atoms with E-state index in [9.17, 15) is 0 Å². The second-order valence-electron chi connectivity index (χ2n) is 3.54. The topological polar surface area (TPSA) is 60.2 Å². The predicted octanol–water partition coefficient (Wildman–Crippen LogP) is 2.32. The zero-order valence-corrected chi connectivity index (χ0v) is 10.0. The van der Waals surface area contributed by atoms with Gasteiger partial charge in [-0.1, -0.05) is 23.8 Å². The first-order valence-corrected chi connectivity index (χ1v) is 5.35. The number of ether oxygens (including phenoxy) is 1. The van der Waals surface area contributed by atoms with Crippen molar-refractivity contribution in [2.45, 2.75) is 6.92 Å². The Hall–Kier alpha value is -1.26. The summed E-state index contributed by atoms with van der Waals surface area (Å²) in [5.74, 6) is 0.656. The monoisotopic (exact) mass is 241 g/mol. The van der Waals surface area contributed by atoms with E-state index in [4.69, 9.17) is 22.1 Å². The molecule has 5 heteroatoms. The molecule has 88 valence electrons. The highest BCUT2D eigenvalue weighted by Gasteiger charge is 1.98. The largest absolute Gasteiger partial charge is 0.399 e. The van der Waals surface area contributed by atoms with Crippen molar-refractivity contribution in [3.05, 3.63) is 29.4 Å². The fraction of sp³-hybridized carbons (Fsp3) is 0.364. The molecule has 0 aromatic carbocycles. The van der Waals surface area contributed by atoms with Crippen LogP contribution in [0.25, 0.3) is 0 Å². The number of nitrogens with two attached hydrogens (primary N) is 1. The number of anilines is 2. The van der Waals surface area contributed by atoms with Crippen molar-refractivity contribution in [3.8, 4) is 0 Å². The number of rotatable bonds is 6. The molecule has 4 nitrogen and oxygen atoms in total. The lowest BCUT2D eigenvalue weighted by molar-refractivity contribution is 0.167. The molecule has 0 amide bonds. The number of nitrogens with zero attached hydrogens (tertiary/aromatic N) is 1. The van der Waals surface area contributed by atoms with E-state index in [-0.39, 0.29) is 0 Å². The van der Waals surface area contributed by atoms with Crippen LogP contribution in [0.1, 0.15) is 6.92 Å². The van der Waals surface area contributed by atoms with Crippen molar-refractivity contribution >= 4 is 23.1 Å². The van der Waals surface area contributed by atoms with Gasteiger partial charge in [-0.15, -0.1) is 0 Å². The Morgan fingerprint density at radius 3 is 3.00 bits per heavy atom. The fourth-order valence-corrected chi connectivity index (χ4v) is 1.32. The molecule has 0 saturated carbocycles. The van der Waals surface area contributed by atoms with Crippen molar-refractivity contribution in [1.82, 2.24) is 4.98 Å². The Bertz CT molecular complexity index is 348. The van der Waals surface area contributed by atoms with Gasteiger partial charge in [-0.05, 0) is 13.0 Å². The van der Waals surface area contributed by atoms with Crippen LogP contribution in [-0.4, -0.2) is 24.7 Å². The Morgan fingerprint density at radius 2 is 2.38 bits per heavy atom. The lowest BCUT2D eigenvalue weighted by Crippen LogP contribution is -2.11. The van der Waals surface area contributed by atoms with Gasteiger partial charge in [-0.2, -0.15) is 0 Å². The summed E-state index contributed by atoms with van der Waals surface area (Å²) >= 11 is 5.76. The second kappa shape index (κ2) is 6.35. The average molecular weight is 242 g/mol. The average Bonchev–Trinajstić information content (AvgIpc) is 2.15. The van der Waals surface area contributed by atoms with E-state index < -0.39 is 0 Å². The quantitative estimate of drug-likeness (QED) is 0.456. The van der Waals surface area contributed by atoms with Crippen LogP contribution in [0, 0.1) is 0 Å². The van der Waals surface area contributed by atoms with E-state index in [1.807, 2.05) is 6.92 Å². The molecule has 0 aliphatic heterocycles. The van der Waals surface area contributed by atoms with Crippen molar-refractivity contribution in [2.24, 2.45) is 0 Å². The highest BCUT2D eigenvalue weighted by atomic mass is 35.5. The number of halogens is 1. The van der Waals surface area contributed by atoms with Gasteiger partial charge in [0.2, 0.25) is 0 Å². The first-order chi connectivity index (χ1) is 7.58. The Morgan fingerprint density at radius 1 is 1.62 bits per heavy atom. The molecular formula is C11H16ClN3O. The third-order valence-electron chi connectivity index (χ3n) is 1.72. The molecule has 1 rings (SSSR count). The third-order valence-corrected chi connectivity index (χ3v) is 1.91. The van der Waals surface area contributed by atoms with Crippen LogP contribution in [0.15, 0.2) is 24.3 Å². The van der Waals surface area contributed by atoms with Gasteiger partial charge in [0.1, 0.15) is 11.0 Å². The van der Waals surface area contributed by atoms with Crippen LogP contribution in [0.3, 0.4) is 0 Å². The number of nitrogens with one attached hydrogen (secondary N) is 1. The van der Waals surface area contributed by atoms with Crippen molar-refractivity contribution < 1.29 is 4.74 Å². The maximum atomic E-state index is 5.76. The summed E-state index contributed by atoms with van der Waals surface area (Å²) in [6.45, 7) is 7.48. The lowest BCUT2D eigenvalue weighted by atomic mass is 10.4. The summed E-state index contributed by atoms with van der Waals surface area (Å²) in [5, 5.41) is 3.45. The maximum absolute atomic E-state index is 5.76. The summed E-state index contributed by atoms with van der Waals surface area (Å²) in [6, 6.07) is 3.33. The van der Waals surface area contributed by atoms with Crippen LogP contribution in [0.5, 0.6) is 0 Å². The van der Waals surface area contributed by atoms with Gasteiger partial charge in [-0.3, -0.25) is 0 Å². The van der Waals surface area contributed by atoms with Gasteiger partial charge in [0.05, 0.1) is 13.2 Å². The van der Waals surface area contributed by atoms with Crippen LogP contribution >= 0.6 is 11.6 Å². The first-order valence-electron chi connectivity index (χ1n) is 4.97. The molecule has 0 saturated heterocycles. The minimum absolute atomic E-state index is 0.380. The van der Waals surface area contributed by atoms with Gasteiger partial charge in [0.15, 0.2) is 0 Å². The highest BCUT2D eigenvalue weighted by molar-refractivity contribution is 6.29. The molecule has 0 spiro atoms. The van der Waals surface area contributed by atoms with E-state index in [1.165, 1.54) is 0 Å². The summed E-state index contributed by atoms with van der Waals surface area (Å²) < 4.78 is 5.32. The molecule has 0 aliphatic rings. The number of pyridine rings is 1. The third kappa shape index (κ3) is 5.00. The number of hydrogen-bond acceptors (Lipinski definition) is 4. The van der Waals surface area contributed by atoms with Gasteiger partial charge >= 0.3 is 0 Å². The van der Waals surface area contributed by atoms with Gasteiger partial charge in [0.25, 0.3) is 0 Å². The molecule has 0 radical (unpaired) electrons. The first kappa shape index (κ1) is 12.8. The summed E-state index contributed by atoms with van der Waals surface area (Å²) in [6.07, 6.45) is 0. The molecule has 0 fully saturated rings. The molecule has 1 aromatic heterocycles. The fourth-order valence-electron chi connectivity index (χ4n) is 1.10. The van der Waals surface area contributed by atoms with E-state index in [2.05, 4.69) is 16.9 Å². The van der Waals surface area contributed by atoms with Crippen LogP contribution in [0.4, 0.5) is 11.5 Å². The van der Waals surface area contributed by atoms with Gasteiger partial charge in [0, 0.05) is 18.3 Å². The number of nitrogen functional groups attached to an aromatic ring is 1. The van der Waals surface area contributed by atoms with E-state index in [0.29, 0.717) is 36.4 Å². The van der Waals surface area contributed by atoms with Crippen LogP contribution in [0.2, 0.25) is 5.15 Å². The maximum Gasteiger partial charge on any atom is 0.133 e. The molecule has 0 aliphatic carbocycles. The Balaban J connectivity index is 2.29. The zero-order valence-electron chi connectivity index (χ0n) is 9.29. The molecule has 0 bridgehead atoms. The summed E-state index contributed by atoms with van der Waals surface area (Å²) in [4.78, 5) is 4.07. The normalized spacial score (nSPS) is 10.1. The van der Waals surface area contributed by atoms with E-state index >= 15 is 0 Å². The summed E-state index contributed by atoms with van der Waals surface area (Å²) in [7, 11) is 0. The molecule has 1 aromatic rings. The predicted molar refractivity (Wildman–Crippen MR) is 67.8 cm³/mol. The van der Waals surface area contributed by atoms with Crippen molar-refractivity contribution in [2.75, 3.05) is 30.8 Å². The van der Waals surface area contributed by atoms with E-state index in [0.717, 1.165) is 5.57 Å². The lowest BCUT2D eigenvalue weighted by Gasteiger charge is -2.07. The number of aromatic nitrogens is 1. The molecule has 1 heterocycles. The molecule has 0 atom stereocenters. The van der Waals surface area contributed by atoms with Crippen LogP contribution in [-0.2, 0) is 4.74 Å². The second-order valence-corrected chi connectivity index (χ2v) is 3.93. The Labute approximate surface area is 100 Å². The highest BCUT2D eigenvalue weighted by Crippen LogP contribution is 2.15. The minimum Gasteiger partial charge on any atom is -0.399 e. The van der Waals surface area contributed by atoms with Gasteiger partial charge < -0.3 is 15.8 Å². The molecule has 0 unspecified atom stereocenters. The van der Waals surface area contributed by atoms with Crippen molar-refractivity contribution in [3.63, 3.8) is 0 Å². The van der Waals surface area contributed by atoms with Gasteiger partial charge in [-0.25, -0.2) is 4.98 Å². The molecule has 3 N–H and O–H groups in total. The van der Waals surface area contributed by atoms with Crippen molar-refractivity contribution in [1.29, 1.82) is 0 Å². The Kier molecular flexibility index (Phi) is 5.08. The molecular weight excluding hydrogens is 226 g/mol. The smallest absolute Gasteiger partial charge is 0.133 e. The molecule has 16 heavy (non-hydrogen) atoms. The van der Waals surface area contributed by atoms with Crippen LogP contribution < -0.4 is 11.1 Å². The minimum atomic E-state index is 0.380. The zero-order chi connectivity index (χ0) is 12.0.